The number of benzene rings is 1. The van der Waals surface area contributed by atoms with Gasteiger partial charge in [0.05, 0.1) is 0 Å². The molecule has 1 aromatic carbocycles. The fraction of sp³-hybridized carbons (Fsp3) is 0.574. The van der Waals surface area contributed by atoms with E-state index in [9.17, 15) is 0 Å². The quantitative estimate of drug-likeness (QED) is 0.284. The maximum atomic E-state index is 2.94. The van der Waals surface area contributed by atoms with Crippen LogP contribution in [-0.2, 0) is 21.3 Å². The van der Waals surface area contributed by atoms with Gasteiger partial charge in [-0.25, -0.2) is 0 Å². The number of fused-ring (bicyclic) bond motifs is 8. The summed E-state index contributed by atoms with van der Waals surface area (Å²) in [6.07, 6.45) is 41.4. The number of hydrogen-bond donors (Lipinski definition) is 0. The van der Waals surface area contributed by atoms with E-state index in [2.05, 4.69) is 185 Å². The third-order valence-corrected chi connectivity index (χ3v) is 31.0. The van der Waals surface area contributed by atoms with Crippen LogP contribution in [0, 0.1) is 78.8 Å². The Morgan fingerprint density at radius 2 is 1.22 bits per heavy atom. The van der Waals surface area contributed by atoms with Crippen LogP contribution in [-0.4, -0.2) is 3.21 Å². The van der Waals surface area contributed by atoms with Crippen LogP contribution >= 0.6 is 0 Å². The summed E-state index contributed by atoms with van der Waals surface area (Å²) in [5.74, 6) is 4.70. The molecular formula is C54H68Zr. The van der Waals surface area contributed by atoms with Crippen LogP contribution in [0.2, 0.25) is 3.63 Å². The van der Waals surface area contributed by atoms with Gasteiger partial charge in [-0.15, -0.1) is 0 Å². The van der Waals surface area contributed by atoms with Gasteiger partial charge in [-0.1, -0.05) is 0 Å². The van der Waals surface area contributed by atoms with Gasteiger partial charge in [0.2, 0.25) is 0 Å². The SMILES string of the molecule is CC1=CC=CC2[CH]([Zr]([C]3=CC(C4(C)C5CC6CC(C5)CC4C6)=CC3C)=[C](C)c3ccccc3)C3(C)C4(C)C=CC=CC4(C)C4(C)C=CC=CC4(C)C3(C)C12C. The van der Waals surface area contributed by atoms with Gasteiger partial charge in [0, 0.05) is 0 Å². The molecule has 10 aliphatic rings. The molecule has 0 heterocycles. The van der Waals surface area contributed by atoms with Crippen LogP contribution in [0.15, 0.2) is 124 Å². The number of rotatable bonds is 4. The molecule has 0 N–H and O–H groups in total. The second-order valence-electron chi connectivity index (χ2n) is 22.0. The van der Waals surface area contributed by atoms with E-state index in [-0.39, 0.29) is 37.9 Å². The molecule has 6 fully saturated rings. The predicted molar refractivity (Wildman–Crippen MR) is 230 cm³/mol. The molecule has 11 rings (SSSR count). The Kier molecular flexibility index (Phi) is 7.81. The number of hydrogen-bond acceptors (Lipinski definition) is 0. The molecule has 0 spiro atoms. The zero-order valence-corrected chi connectivity index (χ0v) is 38.4. The van der Waals surface area contributed by atoms with Crippen molar-refractivity contribution in [3.05, 3.63) is 129 Å². The molecule has 6 saturated carbocycles. The Labute approximate surface area is 342 Å². The van der Waals surface area contributed by atoms with E-state index in [1.807, 2.05) is 3.28 Å². The summed E-state index contributed by atoms with van der Waals surface area (Å²) in [4.78, 5) is 0. The van der Waals surface area contributed by atoms with Crippen LogP contribution in [0.1, 0.15) is 114 Å². The molecule has 0 radical (unpaired) electrons. The topological polar surface area (TPSA) is 0 Å². The van der Waals surface area contributed by atoms with Gasteiger partial charge in [-0.2, -0.15) is 0 Å². The van der Waals surface area contributed by atoms with Crippen molar-refractivity contribution >= 4 is 3.21 Å². The first-order chi connectivity index (χ1) is 26.0. The zero-order chi connectivity index (χ0) is 38.8. The molecule has 1 aromatic rings. The molecule has 10 atom stereocenters. The third-order valence-electron chi connectivity index (χ3n) is 21.4. The van der Waals surface area contributed by atoms with Crippen LogP contribution in [0.5, 0.6) is 0 Å². The summed E-state index contributed by atoms with van der Waals surface area (Å²) in [6.45, 7) is 29.7. The standard InChI is InChI=1S/C29H37.C17H23.C8H8.Zr/c1-21-14-13-15-22-20-27(6)25(4)18-10-9-16-23(25,2)24(3)17-11-12-19-26(24,5)29(27,8)28(21,22)7;1-11-3-4-14(5-11)17(2)15-7-12-6-13(9-15)10-16(17)8-12;1-2-8-6-4-3-5-7-8;/h9-20,22H,1-8H3;4-5,11-13,15-16H,6-10H2,1-2H3;3-7H,1H3;. The molecule has 0 amide bonds. The van der Waals surface area contributed by atoms with E-state index in [0.717, 1.165) is 23.7 Å². The average Bonchev–Trinajstić information content (AvgIpc) is 3.63. The van der Waals surface area contributed by atoms with Crippen molar-refractivity contribution < 1.29 is 21.3 Å². The zero-order valence-electron chi connectivity index (χ0n) is 36.0. The molecule has 0 aromatic heterocycles. The first-order valence-electron chi connectivity index (χ1n) is 22.3. The van der Waals surface area contributed by atoms with Crippen molar-refractivity contribution in [2.45, 2.75) is 112 Å². The van der Waals surface area contributed by atoms with Crippen molar-refractivity contribution in [1.82, 2.24) is 0 Å². The molecular weight excluding hydrogens is 740 g/mol. The summed E-state index contributed by atoms with van der Waals surface area (Å²) in [5, 5.41) is 0. The van der Waals surface area contributed by atoms with Gasteiger partial charge in [-0.05, 0) is 0 Å². The summed E-state index contributed by atoms with van der Waals surface area (Å²) >= 11 is -2.88. The van der Waals surface area contributed by atoms with Gasteiger partial charge in [0.25, 0.3) is 0 Å². The normalized spacial score (nSPS) is 52.6. The van der Waals surface area contributed by atoms with E-state index in [1.165, 1.54) is 37.7 Å². The van der Waals surface area contributed by atoms with E-state index >= 15 is 0 Å². The van der Waals surface area contributed by atoms with E-state index in [4.69, 9.17) is 0 Å². The van der Waals surface area contributed by atoms with E-state index < -0.39 is 21.3 Å². The van der Waals surface area contributed by atoms with E-state index in [0.29, 0.717) is 20.9 Å². The summed E-state index contributed by atoms with van der Waals surface area (Å²) in [5.41, 5.74) is 4.78. The van der Waals surface area contributed by atoms with Crippen LogP contribution < -0.4 is 0 Å². The van der Waals surface area contributed by atoms with Crippen molar-refractivity contribution in [2.24, 2.45) is 78.8 Å². The molecule has 1 heteroatoms. The Morgan fingerprint density at radius 1 is 0.673 bits per heavy atom. The minimum absolute atomic E-state index is 0.0130. The van der Waals surface area contributed by atoms with Crippen molar-refractivity contribution in [3.8, 4) is 0 Å². The second-order valence-corrected chi connectivity index (χ2v) is 28.8. The first kappa shape index (κ1) is 37.2. The van der Waals surface area contributed by atoms with Crippen LogP contribution in [0.4, 0.5) is 0 Å². The van der Waals surface area contributed by atoms with Crippen molar-refractivity contribution in [3.63, 3.8) is 0 Å². The average molecular weight is 808 g/mol. The van der Waals surface area contributed by atoms with Crippen LogP contribution in [0.3, 0.4) is 0 Å². The van der Waals surface area contributed by atoms with Gasteiger partial charge in [0.1, 0.15) is 0 Å². The van der Waals surface area contributed by atoms with Crippen molar-refractivity contribution in [2.75, 3.05) is 0 Å². The fourth-order valence-corrected chi connectivity index (χ4v) is 29.0. The Morgan fingerprint density at radius 3 is 1.82 bits per heavy atom. The summed E-state index contributed by atoms with van der Waals surface area (Å²) in [6, 6.07) is 11.8. The number of allylic oxidation sites excluding steroid dienone is 16. The molecule has 288 valence electrons. The molecule has 55 heavy (non-hydrogen) atoms. The van der Waals surface area contributed by atoms with E-state index in [1.54, 1.807) is 14.4 Å². The molecule has 0 saturated heterocycles. The summed E-state index contributed by atoms with van der Waals surface area (Å²) in [7, 11) is 0. The predicted octanol–water partition coefficient (Wildman–Crippen LogP) is 14.0. The molecule has 0 aliphatic heterocycles. The van der Waals surface area contributed by atoms with Gasteiger partial charge in [-0.3, -0.25) is 0 Å². The Bertz CT molecular complexity index is 2120. The molecule has 0 nitrogen and oxygen atoms in total. The van der Waals surface area contributed by atoms with Gasteiger partial charge < -0.3 is 0 Å². The summed E-state index contributed by atoms with van der Waals surface area (Å²) < 4.78 is 4.23. The minimum atomic E-state index is -2.88. The Balaban J connectivity index is 1.27. The fourth-order valence-electron chi connectivity index (χ4n) is 17.7. The molecule has 10 unspecified atom stereocenters. The molecule has 10 aliphatic carbocycles. The second kappa shape index (κ2) is 11.5. The molecule has 4 bridgehead atoms. The first-order valence-corrected chi connectivity index (χ1v) is 26.2. The third kappa shape index (κ3) is 3.95. The Hall–Kier alpha value is -2.11. The van der Waals surface area contributed by atoms with Crippen LogP contribution in [0.25, 0.3) is 0 Å². The van der Waals surface area contributed by atoms with Crippen molar-refractivity contribution in [1.29, 1.82) is 0 Å². The van der Waals surface area contributed by atoms with Gasteiger partial charge >= 0.3 is 345 Å². The monoisotopic (exact) mass is 806 g/mol. The maximum absolute atomic E-state index is 2.94. The van der Waals surface area contributed by atoms with Gasteiger partial charge in [0.15, 0.2) is 0 Å².